The number of hydrogen-bond acceptors (Lipinski definition) is 8. The molecule has 3 aromatic rings. The molecule has 0 spiro atoms. The number of aryl methyl sites for hydroxylation is 1. The Balaban J connectivity index is 1.71. The maximum Gasteiger partial charge on any atom is 0.339 e. The summed E-state index contributed by atoms with van der Waals surface area (Å²) in [4.78, 5) is 34.9. The smallest absolute Gasteiger partial charge is 0.339 e. The number of amides is 1. The third kappa shape index (κ3) is 6.09. The second kappa shape index (κ2) is 11.4. The third-order valence-corrected chi connectivity index (χ3v) is 6.18. The number of nitrogens with two attached hydrogens (primary N) is 1. The van der Waals surface area contributed by atoms with Crippen LogP contribution in [-0.2, 0) is 16.1 Å². The highest BCUT2D eigenvalue weighted by Gasteiger charge is 2.16. The van der Waals surface area contributed by atoms with Gasteiger partial charge in [0.1, 0.15) is 17.6 Å². The molecule has 172 valence electrons. The molecule has 8 nitrogen and oxygen atoms in total. The van der Waals surface area contributed by atoms with Gasteiger partial charge in [-0.2, -0.15) is 0 Å². The highest BCUT2D eigenvalue weighted by Crippen LogP contribution is 2.27. The standard InChI is InChI=1S/C24H26N4O4S/c1-16(28(14-30)13-19-12-26-17(2)27-23(19)25)22(10-11-29)33-15-32-24(31)21-9-5-7-18-6-3-4-8-20(18)21/h3-9,12,14,29H,10-11,13,15H2,1-2H3,(H2,25,26,27). The Morgan fingerprint density at radius 2 is 2.00 bits per heavy atom. The first-order valence-electron chi connectivity index (χ1n) is 10.3. The number of benzene rings is 2. The third-order valence-electron chi connectivity index (χ3n) is 5.09. The number of ether oxygens (including phenoxy) is 1. The molecule has 0 atom stereocenters. The van der Waals surface area contributed by atoms with Gasteiger partial charge in [-0.3, -0.25) is 4.79 Å². The molecule has 0 aliphatic rings. The number of thioether (sulfide) groups is 1. The van der Waals surface area contributed by atoms with Crippen molar-refractivity contribution in [1.29, 1.82) is 0 Å². The fourth-order valence-corrected chi connectivity index (χ4v) is 4.18. The number of carbonyl (C=O) groups is 2. The van der Waals surface area contributed by atoms with Crippen LogP contribution < -0.4 is 5.73 Å². The molecular formula is C24H26N4O4S. The average Bonchev–Trinajstić information content (AvgIpc) is 2.82. The van der Waals surface area contributed by atoms with E-state index in [1.807, 2.05) is 36.4 Å². The van der Waals surface area contributed by atoms with Crippen LogP contribution in [0.5, 0.6) is 0 Å². The van der Waals surface area contributed by atoms with Crippen molar-refractivity contribution in [1.82, 2.24) is 14.9 Å². The molecule has 3 N–H and O–H groups in total. The number of esters is 1. The van der Waals surface area contributed by atoms with Gasteiger partial charge in [0.05, 0.1) is 12.1 Å². The van der Waals surface area contributed by atoms with E-state index < -0.39 is 5.97 Å². The predicted molar refractivity (Wildman–Crippen MR) is 129 cm³/mol. The monoisotopic (exact) mass is 466 g/mol. The van der Waals surface area contributed by atoms with Crippen LogP contribution >= 0.6 is 11.8 Å². The second-order valence-corrected chi connectivity index (χ2v) is 8.28. The van der Waals surface area contributed by atoms with E-state index in [-0.39, 0.29) is 19.1 Å². The zero-order valence-corrected chi connectivity index (χ0v) is 19.3. The lowest BCUT2D eigenvalue weighted by molar-refractivity contribution is -0.116. The Hall–Kier alpha value is -3.43. The number of nitrogens with zero attached hydrogens (tertiary/aromatic N) is 3. The van der Waals surface area contributed by atoms with Crippen molar-refractivity contribution < 1.29 is 19.4 Å². The first-order chi connectivity index (χ1) is 15.9. The Morgan fingerprint density at radius 1 is 1.24 bits per heavy atom. The molecule has 0 aliphatic heterocycles. The van der Waals surface area contributed by atoms with Crippen LogP contribution in [0.3, 0.4) is 0 Å². The minimum absolute atomic E-state index is 0.0389. The Morgan fingerprint density at radius 3 is 2.73 bits per heavy atom. The van der Waals surface area contributed by atoms with E-state index in [2.05, 4.69) is 9.97 Å². The molecular weight excluding hydrogens is 440 g/mol. The number of aliphatic hydroxyl groups is 1. The summed E-state index contributed by atoms with van der Waals surface area (Å²) in [6.45, 7) is 3.58. The van der Waals surface area contributed by atoms with Crippen LogP contribution in [0.4, 0.5) is 5.82 Å². The zero-order chi connectivity index (χ0) is 23.8. The molecule has 2 aromatic carbocycles. The maximum atomic E-state index is 12.7. The SMILES string of the molecule is CC(=C(CCO)SCOC(=O)c1cccc2ccccc12)N(C=O)Cc1cnc(C)nc1N. The van der Waals surface area contributed by atoms with Crippen molar-refractivity contribution in [2.75, 3.05) is 18.3 Å². The Labute approximate surface area is 196 Å². The number of anilines is 1. The minimum Gasteiger partial charge on any atom is -0.451 e. The van der Waals surface area contributed by atoms with E-state index in [1.165, 1.54) is 16.7 Å². The number of rotatable bonds is 10. The summed E-state index contributed by atoms with van der Waals surface area (Å²) < 4.78 is 5.49. The first-order valence-corrected chi connectivity index (χ1v) is 11.3. The van der Waals surface area contributed by atoms with E-state index in [0.29, 0.717) is 41.3 Å². The zero-order valence-electron chi connectivity index (χ0n) is 18.5. The molecule has 0 aliphatic carbocycles. The van der Waals surface area contributed by atoms with Gasteiger partial charge in [0, 0.05) is 35.4 Å². The van der Waals surface area contributed by atoms with E-state index in [4.69, 9.17) is 10.5 Å². The molecule has 1 aromatic heterocycles. The van der Waals surface area contributed by atoms with Gasteiger partial charge in [0.25, 0.3) is 0 Å². The largest absolute Gasteiger partial charge is 0.451 e. The maximum absolute atomic E-state index is 12.7. The van der Waals surface area contributed by atoms with Crippen LogP contribution in [0.15, 0.2) is 59.3 Å². The van der Waals surface area contributed by atoms with Gasteiger partial charge in [-0.15, -0.1) is 0 Å². The number of aliphatic hydroxyl groups excluding tert-OH is 1. The van der Waals surface area contributed by atoms with Gasteiger partial charge < -0.3 is 20.5 Å². The summed E-state index contributed by atoms with van der Waals surface area (Å²) in [7, 11) is 0. The minimum atomic E-state index is -0.433. The van der Waals surface area contributed by atoms with E-state index in [0.717, 1.165) is 15.7 Å². The summed E-state index contributed by atoms with van der Waals surface area (Å²) in [6.07, 6.45) is 2.59. The van der Waals surface area contributed by atoms with Crippen LogP contribution in [-0.4, -0.2) is 44.9 Å². The van der Waals surface area contributed by atoms with Crippen molar-refractivity contribution in [3.8, 4) is 0 Å². The van der Waals surface area contributed by atoms with E-state index in [9.17, 15) is 14.7 Å². The Bertz CT molecular complexity index is 1180. The molecule has 1 amide bonds. The average molecular weight is 467 g/mol. The second-order valence-electron chi connectivity index (χ2n) is 7.26. The van der Waals surface area contributed by atoms with Gasteiger partial charge in [0.15, 0.2) is 0 Å². The normalized spacial score (nSPS) is 11.7. The fraction of sp³-hybridized carbons (Fsp3) is 0.250. The molecule has 0 unspecified atom stereocenters. The molecule has 1 heterocycles. The lowest BCUT2D eigenvalue weighted by atomic mass is 10.1. The lowest BCUT2D eigenvalue weighted by Crippen LogP contribution is -2.22. The predicted octanol–water partition coefficient (Wildman–Crippen LogP) is 3.64. The summed E-state index contributed by atoms with van der Waals surface area (Å²) in [5.74, 6) is 0.461. The summed E-state index contributed by atoms with van der Waals surface area (Å²) in [5, 5.41) is 11.3. The highest BCUT2D eigenvalue weighted by atomic mass is 32.2. The summed E-state index contributed by atoms with van der Waals surface area (Å²) in [6, 6.07) is 13.1. The molecule has 33 heavy (non-hydrogen) atoms. The van der Waals surface area contributed by atoms with Crippen LogP contribution in [0.25, 0.3) is 10.8 Å². The van der Waals surface area contributed by atoms with Gasteiger partial charge in [0.2, 0.25) is 6.41 Å². The first kappa shape index (κ1) is 24.2. The fourth-order valence-electron chi connectivity index (χ4n) is 3.31. The topological polar surface area (TPSA) is 119 Å². The van der Waals surface area contributed by atoms with Gasteiger partial charge in [-0.1, -0.05) is 48.2 Å². The molecule has 0 saturated carbocycles. The number of carbonyl (C=O) groups excluding carboxylic acids is 2. The molecule has 9 heteroatoms. The summed E-state index contributed by atoms with van der Waals surface area (Å²) >= 11 is 1.26. The van der Waals surface area contributed by atoms with Crippen molar-refractivity contribution in [2.24, 2.45) is 0 Å². The van der Waals surface area contributed by atoms with Crippen molar-refractivity contribution >= 4 is 40.7 Å². The van der Waals surface area contributed by atoms with Crippen molar-refractivity contribution in [3.63, 3.8) is 0 Å². The van der Waals surface area contributed by atoms with Crippen molar-refractivity contribution in [3.05, 3.63) is 76.2 Å². The molecule has 0 bridgehead atoms. The van der Waals surface area contributed by atoms with Crippen molar-refractivity contribution in [2.45, 2.75) is 26.8 Å². The molecule has 3 rings (SSSR count). The molecule has 0 fully saturated rings. The summed E-state index contributed by atoms with van der Waals surface area (Å²) in [5.41, 5.74) is 7.69. The molecule has 0 radical (unpaired) electrons. The van der Waals surface area contributed by atoms with Crippen LogP contribution in [0.1, 0.15) is 35.1 Å². The van der Waals surface area contributed by atoms with E-state index >= 15 is 0 Å². The van der Waals surface area contributed by atoms with Gasteiger partial charge in [-0.05, 0) is 30.7 Å². The lowest BCUT2D eigenvalue weighted by Gasteiger charge is -2.22. The molecule has 0 saturated heterocycles. The quantitative estimate of drug-likeness (QED) is 0.264. The van der Waals surface area contributed by atoms with E-state index in [1.54, 1.807) is 26.1 Å². The van der Waals surface area contributed by atoms with Gasteiger partial charge in [-0.25, -0.2) is 14.8 Å². The highest BCUT2D eigenvalue weighted by molar-refractivity contribution is 8.02. The number of fused-ring (bicyclic) bond motifs is 1. The number of hydrogen-bond donors (Lipinski definition) is 2. The van der Waals surface area contributed by atoms with Crippen LogP contribution in [0, 0.1) is 6.92 Å². The Kier molecular flexibility index (Phi) is 8.39. The van der Waals surface area contributed by atoms with Crippen LogP contribution in [0.2, 0.25) is 0 Å². The number of nitrogen functional groups attached to an aromatic ring is 1. The number of aromatic nitrogens is 2. The van der Waals surface area contributed by atoms with Gasteiger partial charge >= 0.3 is 5.97 Å². The number of allylic oxidation sites excluding steroid dienone is 1.